The second-order valence-electron chi connectivity index (χ2n) is 4.86. The van der Waals surface area contributed by atoms with E-state index in [0.29, 0.717) is 5.56 Å². The van der Waals surface area contributed by atoms with Crippen molar-refractivity contribution in [3.63, 3.8) is 0 Å². The van der Waals surface area contributed by atoms with Gasteiger partial charge < -0.3 is 0 Å². The van der Waals surface area contributed by atoms with Crippen LogP contribution in [0.1, 0.15) is 16.7 Å². The molecule has 0 spiro atoms. The van der Waals surface area contributed by atoms with Gasteiger partial charge in [-0.1, -0.05) is 52.5 Å². The monoisotopic (exact) mass is 408 g/mol. The van der Waals surface area contributed by atoms with E-state index < -0.39 is 9.85 Å². The first-order chi connectivity index (χ1) is 11.1. The van der Waals surface area contributed by atoms with Crippen LogP contribution in [-0.2, 0) is 6.42 Å². The van der Waals surface area contributed by atoms with E-state index in [9.17, 15) is 20.2 Å². The van der Waals surface area contributed by atoms with E-state index in [1.165, 1.54) is 19.1 Å². The van der Waals surface area contributed by atoms with Crippen LogP contribution in [0.2, 0.25) is 20.1 Å². The summed E-state index contributed by atoms with van der Waals surface area (Å²) in [5.41, 5.74) is 0.215. The maximum atomic E-state index is 11.3. The standard InChI is InChI=1S/C14H8Cl4N2O4/c1-6-8(12(17)10(16)5-11(6)19(21)22)4-7-2-3-9(15)13(18)14(7)20(23)24/h2-3,5H,4H2,1H3. The van der Waals surface area contributed by atoms with Gasteiger partial charge in [-0.3, -0.25) is 20.2 Å². The van der Waals surface area contributed by atoms with E-state index in [1.807, 2.05) is 0 Å². The minimum Gasteiger partial charge on any atom is -0.258 e. The molecule has 126 valence electrons. The Bertz CT molecular complexity index is 871. The van der Waals surface area contributed by atoms with E-state index in [1.54, 1.807) is 0 Å². The van der Waals surface area contributed by atoms with Crippen LogP contribution in [0.25, 0.3) is 0 Å². The molecule has 6 nitrogen and oxygen atoms in total. The number of nitro groups is 2. The number of benzene rings is 2. The molecule has 10 heteroatoms. The molecule has 2 rings (SSSR count). The van der Waals surface area contributed by atoms with Gasteiger partial charge in [-0.2, -0.15) is 0 Å². The van der Waals surface area contributed by atoms with Crippen LogP contribution in [0.3, 0.4) is 0 Å². The summed E-state index contributed by atoms with van der Waals surface area (Å²) in [5.74, 6) is 0. The van der Waals surface area contributed by atoms with Crippen LogP contribution < -0.4 is 0 Å². The van der Waals surface area contributed by atoms with Crippen molar-refractivity contribution in [2.75, 3.05) is 0 Å². The Morgan fingerprint density at radius 2 is 1.58 bits per heavy atom. The molecular formula is C14H8Cl4N2O4. The molecule has 0 N–H and O–H groups in total. The van der Waals surface area contributed by atoms with Gasteiger partial charge in [0.05, 0.1) is 24.9 Å². The summed E-state index contributed by atoms with van der Waals surface area (Å²) in [4.78, 5) is 21.2. The maximum absolute atomic E-state index is 11.3. The Kier molecular flexibility index (Phi) is 5.55. The van der Waals surface area contributed by atoms with Crippen molar-refractivity contribution in [2.24, 2.45) is 0 Å². The quantitative estimate of drug-likeness (QED) is 0.456. The number of rotatable bonds is 4. The Hall–Kier alpha value is -1.60. The molecule has 0 atom stereocenters. The average Bonchev–Trinajstić information content (AvgIpc) is 2.50. The molecule has 0 amide bonds. The van der Waals surface area contributed by atoms with Gasteiger partial charge >= 0.3 is 0 Å². The van der Waals surface area contributed by atoms with Crippen molar-refractivity contribution in [1.29, 1.82) is 0 Å². The van der Waals surface area contributed by atoms with Gasteiger partial charge in [0, 0.05) is 23.6 Å². The second kappa shape index (κ2) is 7.11. The van der Waals surface area contributed by atoms with Crippen molar-refractivity contribution in [3.8, 4) is 0 Å². The molecule has 24 heavy (non-hydrogen) atoms. The maximum Gasteiger partial charge on any atom is 0.292 e. The Morgan fingerprint density at radius 3 is 2.12 bits per heavy atom. The molecular weight excluding hydrogens is 402 g/mol. The summed E-state index contributed by atoms with van der Waals surface area (Å²) >= 11 is 23.8. The van der Waals surface area contributed by atoms with Crippen LogP contribution >= 0.6 is 46.4 Å². The predicted molar refractivity (Wildman–Crippen MR) is 93.8 cm³/mol. The van der Waals surface area contributed by atoms with Gasteiger partial charge in [0.15, 0.2) is 0 Å². The lowest BCUT2D eigenvalue weighted by atomic mass is 9.98. The summed E-state index contributed by atoms with van der Waals surface area (Å²) in [6, 6.07) is 3.98. The van der Waals surface area contributed by atoms with Crippen molar-refractivity contribution in [3.05, 3.63) is 75.2 Å². The topological polar surface area (TPSA) is 86.3 Å². The molecule has 0 saturated heterocycles. The zero-order valence-corrected chi connectivity index (χ0v) is 15.0. The van der Waals surface area contributed by atoms with Gasteiger partial charge in [-0.05, 0) is 18.6 Å². The third-order valence-corrected chi connectivity index (χ3v) is 5.09. The first-order valence-corrected chi connectivity index (χ1v) is 7.89. The zero-order valence-electron chi connectivity index (χ0n) is 12.0. The molecule has 0 radical (unpaired) electrons. The summed E-state index contributed by atoms with van der Waals surface area (Å²) in [5, 5.41) is 22.3. The second-order valence-corrected chi connectivity index (χ2v) is 6.43. The van der Waals surface area contributed by atoms with Crippen LogP contribution in [0.4, 0.5) is 11.4 Å². The molecule has 0 unspecified atom stereocenters. The predicted octanol–water partition coefficient (Wildman–Crippen LogP) is 6.02. The lowest BCUT2D eigenvalue weighted by molar-refractivity contribution is -0.385. The van der Waals surface area contributed by atoms with Gasteiger partial charge in [-0.15, -0.1) is 0 Å². The number of hydrogen-bond acceptors (Lipinski definition) is 4. The highest BCUT2D eigenvalue weighted by atomic mass is 35.5. The van der Waals surface area contributed by atoms with E-state index in [2.05, 4.69) is 0 Å². The Labute approximate surface area is 156 Å². The largest absolute Gasteiger partial charge is 0.292 e. The van der Waals surface area contributed by atoms with Crippen molar-refractivity contribution >= 4 is 57.8 Å². The lowest BCUT2D eigenvalue weighted by Gasteiger charge is -2.12. The number of hydrogen-bond donors (Lipinski definition) is 0. The number of nitro benzene ring substituents is 2. The molecule has 0 aliphatic rings. The minimum absolute atomic E-state index is 0.00770. The van der Waals surface area contributed by atoms with Crippen molar-refractivity contribution in [1.82, 2.24) is 0 Å². The fourth-order valence-corrected chi connectivity index (χ4v) is 3.15. The van der Waals surface area contributed by atoms with Crippen LogP contribution in [0, 0.1) is 27.2 Å². The summed E-state index contributed by atoms with van der Waals surface area (Å²) < 4.78 is 0. The highest BCUT2D eigenvalue weighted by molar-refractivity contribution is 6.43. The molecule has 2 aromatic carbocycles. The summed E-state index contributed by atoms with van der Waals surface area (Å²) in [7, 11) is 0. The van der Waals surface area contributed by atoms with Gasteiger partial charge in [0.1, 0.15) is 5.02 Å². The van der Waals surface area contributed by atoms with Crippen LogP contribution in [-0.4, -0.2) is 9.85 Å². The third-order valence-electron chi connectivity index (χ3n) is 3.47. The fraction of sp³-hybridized carbons (Fsp3) is 0.143. The number of halogens is 4. The highest BCUT2D eigenvalue weighted by Crippen LogP contribution is 2.40. The molecule has 0 heterocycles. The van der Waals surface area contributed by atoms with Crippen molar-refractivity contribution < 1.29 is 9.85 Å². The van der Waals surface area contributed by atoms with Crippen LogP contribution in [0.15, 0.2) is 18.2 Å². The summed E-state index contributed by atoms with van der Waals surface area (Å²) in [6.07, 6.45) is -0.0563. The Balaban J connectivity index is 2.67. The lowest BCUT2D eigenvalue weighted by Crippen LogP contribution is -2.02. The molecule has 0 aliphatic carbocycles. The molecule has 2 aromatic rings. The Morgan fingerprint density at radius 1 is 0.958 bits per heavy atom. The van der Waals surface area contributed by atoms with Crippen LogP contribution in [0.5, 0.6) is 0 Å². The highest BCUT2D eigenvalue weighted by Gasteiger charge is 2.25. The molecule has 0 aromatic heterocycles. The van der Waals surface area contributed by atoms with Gasteiger partial charge in [0.2, 0.25) is 0 Å². The van der Waals surface area contributed by atoms with Gasteiger partial charge in [-0.25, -0.2) is 0 Å². The molecule has 0 fully saturated rings. The molecule has 0 aliphatic heterocycles. The van der Waals surface area contributed by atoms with E-state index in [0.717, 1.165) is 6.07 Å². The third kappa shape index (κ3) is 3.42. The molecule has 0 saturated carbocycles. The van der Waals surface area contributed by atoms with E-state index in [4.69, 9.17) is 46.4 Å². The number of nitrogens with zero attached hydrogens (tertiary/aromatic N) is 2. The first-order valence-electron chi connectivity index (χ1n) is 6.38. The van der Waals surface area contributed by atoms with Crippen molar-refractivity contribution in [2.45, 2.75) is 13.3 Å². The normalized spacial score (nSPS) is 10.7. The van der Waals surface area contributed by atoms with E-state index >= 15 is 0 Å². The average molecular weight is 410 g/mol. The first kappa shape index (κ1) is 18.7. The minimum atomic E-state index is -0.661. The summed E-state index contributed by atoms with van der Waals surface area (Å²) in [6.45, 7) is 1.50. The fourth-order valence-electron chi connectivity index (χ4n) is 2.27. The SMILES string of the molecule is Cc1c([N+](=O)[O-])cc(Cl)c(Cl)c1Cc1ccc(Cl)c(Cl)c1[N+](=O)[O-]. The van der Waals surface area contributed by atoms with E-state index in [-0.39, 0.29) is 49.0 Å². The molecule has 0 bridgehead atoms. The van der Waals surface area contributed by atoms with Gasteiger partial charge in [0.25, 0.3) is 11.4 Å². The smallest absolute Gasteiger partial charge is 0.258 e. The zero-order chi connectivity index (χ0) is 18.2.